The lowest BCUT2D eigenvalue weighted by atomic mass is 10.2. The van der Waals surface area contributed by atoms with Crippen LogP contribution >= 0.6 is 0 Å². The molecule has 0 aliphatic heterocycles. The summed E-state index contributed by atoms with van der Waals surface area (Å²) in [5.74, 6) is 0.393. The molecule has 0 fully saturated rings. The molecular weight excluding hydrogens is 308 g/mol. The molecule has 24 heavy (non-hydrogen) atoms. The van der Waals surface area contributed by atoms with Gasteiger partial charge in [-0.3, -0.25) is 10.1 Å². The highest BCUT2D eigenvalue weighted by atomic mass is 16.6. The molecule has 1 N–H and O–H groups in total. The minimum atomic E-state index is -0.409. The topological polar surface area (TPSA) is 90.8 Å². The zero-order valence-electron chi connectivity index (χ0n) is 13.7. The fraction of sp³-hybridized carbons (Fsp3) is 0.250. The van der Waals surface area contributed by atoms with Gasteiger partial charge in [-0.15, -0.1) is 0 Å². The number of aromatic nitrogens is 4. The minimum Gasteiger partial charge on any atom is -0.360 e. The molecule has 0 saturated carbocycles. The van der Waals surface area contributed by atoms with Gasteiger partial charge in [0.25, 0.3) is 0 Å². The normalized spacial score (nSPS) is 10.8. The fourth-order valence-corrected chi connectivity index (χ4v) is 2.68. The first kappa shape index (κ1) is 15.7. The number of hydrogen-bond acceptors (Lipinski definition) is 5. The average Bonchev–Trinajstić information content (AvgIpc) is 3.08. The summed E-state index contributed by atoms with van der Waals surface area (Å²) in [6.45, 7) is 3.98. The Hall–Kier alpha value is -3.16. The maximum atomic E-state index is 11.3. The number of benzene rings is 1. The van der Waals surface area contributed by atoms with Crippen molar-refractivity contribution in [3.8, 4) is 5.69 Å². The van der Waals surface area contributed by atoms with Crippen LogP contribution in [0.1, 0.15) is 17.0 Å². The maximum absolute atomic E-state index is 11.3. The SMILES string of the molecule is Cc1ccn(-c2ccccc2CNc2c([N+](=O)[O-])c(C)nn2C)n1. The summed E-state index contributed by atoms with van der Waals surface area (Å²) >= 11 is 0. The van der Waals surface area contributed by atoms with Gasteiger partial charge in [0.1, 0.15) is 5.69 Å². The zero-order valence-corrected chi connectivity index (χ0v) is 13.7. The molecule has 0 aliphatic carbocycles. The molecule has 0 aliphatic rings. The van der Waals surface area contributed by atoms with Gasteiger partial charge in [0.2, 0.25) is 5.82 Å². The van der Waals surface area contributed by atoms with Gasteiger partial charge < -0.3 is 5.32 Å². The quantitative estimate of drug-likeness (QED) is 0.575. The van der Waals surface area contributed by atoms with E-state index in [1.807, 2.05) is 43.5 Å². The Morgan fingerprint density at radius 1 is 1.21 bits per heavy atom. The lowest BCUT2D eigenvalue weighted by Crippen LogP contribution is -2.09. The third-order valence-electron chi connectivity index (χ3n) is 3.78. The van der Waals surface area contributed by atoms with E-state index < -0.39 is 4.92 Å². The zero-order chi connectivity index (χ0) is 17.3. The summed E-state index contributed by atoms with van der Waals surface area (Å²) in [5.41, 5.74) is 3.23. The van der Waals surface area contributed by atoms with E-state index >= 15 is 0 Å². The van der Waals surface area contributed by atoms with E-state index in [1.54, 1.807) is 18.7 Å². The molecule has 0 radical (unpaired) electrons. The Balaban J connectivity index is 1.90. The number of nitro groups is 1. The minimum absolute atomic E-state index is 0.00455. The van der Waals surface area contributed by atoms with Crippen LogP contribution < -0.4 is 5.32 Å². The number of aryl methyl sites for hydroxylation is 3. The molecule has 0 atom stereocenters. The van der Waals surface area contributed by atoms with E-state index in [0.29, 0.717) is 18.1 Å². The predicted octanol–water partition coefficient (Wildman–Crippen LogP) is 2.74. The first-order valence-corrected chi connectivity index (χ1v) is 7.50. The highest BCUT2D eigenvalue weighted by molar-refractivity contribution is 5.60. The van der Waals surface area contributed by atoms with Crippen LogP contribution in [-0.2, 0) is 13.6 Å². The molecule has 1 aromatic carbocycles. The van der Waals surface area contributed by atoms with Crippen LogP contribution in [0.2, 0.25) is 0 Å². The van der Waals surface area contributed by atoms with Gasteiger partial charge in [0, 0.05) is 19.8 Å². The summed E-state index contributed by atoms with van der Waals surface area (Å²) in [6.07, 6.45) is 1.89. The van der Waals surface area contributed by atoms with Crippen molar-refractivity contribution in [2.75, 3.05) is 5.32 Å². The van der Waals surface area contributed by atoms with Crippen molar-refractivity contribution in [1.82, 2.24) is 19.6 Å². The highest BCUT2D eigenvalue weighted by Crippen LogP contribution is 2.28. The summed E-state index contributed by atoms with van der Waals surface area (Å²) in [4.78, 5) is 10.8. The third-order valence-corrected chi connectivity index (χ3v) is 3.78. The Kier molecular flexibility index (Phi) is 4.03. The fourth-order valence-electron chi connectivity index (χ4n) is 2.68. The number of para-hydroxylation sites is 1. The van der Waals surface area contributed by atoms with Gasteiger partial charge in [0.05, 0.1) is 16.3 Å². The summed E-state index contributed by atoms with van der Waals surface area (Å²) in [7, 11) is 1.69. The van der Waals surface area contributed by atoms with Crippen molar-refractivity contribution < 1.29 is 4.92 Å². The van der Waals surface area contributed by atoms with Crippen LogP contribution in [0.4, 0.5) is 11.5 Å². The number of nitrogens with zero attached hydrogens (tertiary/aromatic N) is 5. The molecule has 3 aromatic rings. The summed E-state index contributed by atoms with van der Waals surface area (Å²) in [5, 5.41) is 22.9. The van der Waals surface area contributed by atoms with Gasteiger partial charge in [-0.1, -0.05) is 18.2 Å². The molecule has 3 rings (SSSR count). The lowest BCUT2D eigenvalue weighted by Gasteiger charge is -2.11. The van der Waals surface area contributed by atoms with Crippen LogP contribution in [0.3, 0.4) is 0 Å². The second-order valence-corrected chi connectivity index (χ2v) is 5.55. The predicted molar refractivity (Wildman–Crippen MR) is 90.2 cm³/mol. The van der Waals surface area contributed by atoms with Crippen molar-refractivity contribution in [3.63, 3.8) is 0 Å². The largest absolute Gasteiger partial charge is 0.360 e. The smallest absolute Gasteiger partial charge is 0.333 e. The van der Waals surface area contributed by atoms with Crippen LogP contribution in [0.25, 0.3) is 5.69 Å². The first-order valence-electron chi connectivity index (χ1n) is 7.50. The van der Waals surface area contributed by atoms with Crippen molar-refractivity contribution in [3.05, 3.63) is 63.6 Å². The summed E-state index contributed by atoms with van der Waals surface area (Å²) in [6, 6.07) is 9.73. The lowest BCUT2D eigenvalue weighted by molar-refractivity contribution is -0.384. The Labute approximate surface area is 138 Å². The average molecular weight is 326 g/mol. The number of rotatable bonds is 5. The Morgan fingerprint density at radius 3 is 2.62 bits per heavy atom. The van der Waals surface area contributed by atoms with Crippen molar-refractivity contribution in [2.45, 2.75) is 20.4 Å². The first-order chi connectivity index (χ1) is 11.5. The summed E-state index contributed by atoms with van der Waals surface area (Å²) < 4.78 is 3.30. The number of hydrogen-bond donors (Lipinski definition) is 1. The van der Waals surface area contributed by atoms with Crippen molar-refractivity contribution in [2.24, 2.45) is 7.05 Å². The van der Waals surface area contributed by atoms with E-state index in [-0.39, 0.29) is 5.69 Å². The van der Waals surface area contributed by atoms with Gasteiger partial charge in [0.15, 0.2) is 0 Å². The second-order valence-electron chi connectivity index (χ2n) is 5.55. The molecule has 8 heteroatoms. The molecule has 2 aromatic heterocycles. The molecule has 0 amide bonds. The molecule has 0 bridgehead atoms. The second kappa shape index (κ2) is 6.15. The van der Waals surface area contributed by atoms with Gasteiger partial charge >= 0.3 is 5.69 Å². The van der Waals surface area contributed by atoms with E-state index in [9.17, 15) is 10.1 Å². The van der Waals surface area contributed by atoms with Gasteiger partial charge in [-0.25, -0.2) is 9.36 Å². The van der Waals surface area contributed by atoms with E-state index in [4.69, 9.17) is 0 Å². The molecular formula is C16H18N6O2. The van der Waals surface area contributed by atoms with E-state index in [2.05, 4.69) is 15.5 Å². The van der Waals surface area contributed by atoms with E-state index in [0.717, 1.165) is 16.9 Å². The van der Waals surface area contributed by atoms with E-state index in [1.165, 1.54) is 4.68 Å². The van der Waals surface area contributed by atoms with Crippen molar-refractivity contribution in [1.29, 1.82) is 0 Å². The Morgan fingerprint density at radius 2 is 1.96 bits per heavy atom. The molecule has 124 valence electrons. The Bertz CT molecular complexity index is 896. The monoisotopic (exact) mass is 326 g/mol. The van der Waals surface area contributed by atoms with Crippen LogP contribution in [0, 0.1) is 24.0 Å². The third kappa shape index (κ3) is 2.85. The molecule has 2 heterocycles. The number of anilines is 1. The molecule has 0 spiro atoms. The maximum Gasteiger partial charge on any atom is 0.333 e. The highest BCUT2D eigenvalue weighted by Gasteiger charge is 2.23. The number of nitrogens with one attached hydrogen (secondary N) is 1. The van der Waals surface area contributed by atoms with Crippen LogP contribution in [0.15, 0.2) is 36.5 Å². The van der Waals surface area contributed by atoms with Crippen LogP contribution in [0.5, 0.6) is 0 Å². The molecule has 8 nitrogen and oxygen atoms in total. The van der Waals surface area contributed by atoms with Crippen molar-refractivity contribution >= 4 is 11.5 Å². The van der Waals surface area contributed by atoms with Crippen LogP contribution in [-0.4, -0.2) is 24.5 Å². The van der Waals surface area contributed by atoms with Gasteiger partial charge in [-0.2, -0.15) is 10.2 Å². The molecule has 0 unspecified atom stereocenters. The standard InChI is InChI=1S/C16H18N6O2/c1-11-8-9-21(18-11)14-7-5-4-6-13(14)10-17-16-15(22(23)24)12(2)19-20(16)3/h4-9,17H,10H2,1-3H3. The van der Waals surface area contributed by atoms with Gasteiger partial charge in [-0.05, 0) is 31.5 Å². The molecule has 0 saturated heterocycles.